The van der Waals surface area contributed by atoms with Gasteiger partial charge in [-0.05, 0) is 83.4 Å². The molecule has 2 aromatic rings. The molecule has 4 rings (SSSR count). The van der Waals surface area contributed by atoms with Gasteiger partial charge in [0.05, 0.1) is 11.3 Å². The minimum Gasteiger partial charge on any atom is -0.391 e. The van der Waals surface area contributed by atoms with Crippen LogP contribution in [0.5, 0.6) is 0 Å². The van der Waals surface area contributed by atoms with Crippen LogP contribution in [0.2, 0.25) is 0 Å². The normalized spacial score (nSPS) is 18.5. The van der Waals surface area contributed by atoms with E-state index in [0.29, 0.717) is 16.5 Å². The topological polar surface area (TPSA) is 24.8 Å². The van der Waals surface area contributed by atoms with E-state index in [-0.39, 0.29) is 12.5 Å². The van der Waals surface area contributed by atoms with Gasteiger partial charge in [-0.3, -0.25) is 4.90 Å². The third-order valence-electron chi connectivity index (χ3n) is 8.48. The number of hydrogen-bond acceptors (Lipinski definition) is 3. The lowest BCUT2D eigenvalue weighted by Gasteiger charge is -2.46. The molecule has 0 aromatic heterocycles. The van der Waals surface area contributed by atoms with Gasteiger partial charge in [0.15, 0.2) is 0 Å². The van der Waals surface area contributed by atoms with E-state index in [1.54, 1.807) is 12.1 Å². The van der Waals surface area contributed by atoms with Crippen LogP contribution in [0.15, 0.2) is 41.6 Å². The molecule has 1 aliphatic heterocycles. The Kier molecular flexibility index (Phi) is 8.91. The molecule has 3 nitrogen and oxygen atoms in total. The zero-order valence-corrected chi connectivity index (χ0v) is 23.6. The van der Waals surface area contributed by atoms with Gasteiger partial charge in [0.25, 0.3) is 0 Å². The van der Waals surface area contributed by atoms with Crippen LogP contribution in [0.1, 0.15) is 106 Å². The van der Waals surface area contributed by atoms with Crippen LogP contribution in [0.3, 0.4) is 0 Å². The van der Waals surface area contributed by atoms with Crippen LogP contribution >= 0.6 is 0 Å². The third-order valence-corrected chi connectivity index (χ3v) is 8.48. The summed E-state index contributed by atoms with van der Waals surface area (Å²) >= 11 is 0. The van der Waals surface area contributed by atoms with Crippen molar-refractivity contribution in [1.82, 2.24) is 4.90 Å². The molecule has 0 bridgehead atoms. The summed E-state index contributed by atoms with van der Waals surface area (Å²) in [5, 5.41) is 4.25. The lowest BCUT2D eigenvalue weighted by atomic mass is 9.76. The minimum absolute atomic E-state index is 0.00708. The van der Waals surface area contributed by atoms with Crippen LogP contribution in [-0.2, 0) is 30.6 Å². The maximum atomic E-state index is 13.9. The van der Waals surface area contributed by atoms with Crippen molar-refractivity contribution in [3.05, 3.63) is 69.8 Å². The van der Waals surface area contributed by atoms with Crippen LogP contribution in [0, 0.1) is 11.3 Å². The van der Waals surface area contributed by atoms with E-state index in [4.69, 9.17) is 4.84 Å². The van der Waals surface area contributed by atoms with Gasteiger partial charge in [-0.25, -0.2) is 0 Å². The molecule has 0 spiro atoms. The molecule has 0 atom stereocenters. The molecule has 1 heterocycles. The Hall–Kier alpha value is -2.34. The fourth-order valence-corrected chi connectivity index (χ4v) is 5.79. The highest BCUT2D eigenvalue weighted by molar-refractivity contribution is 5.98. The quantitative estimate of drug-likeness (QED) is 0.253. The summed E-state index contributed by atoms with van der Waals surface area (Å²) in [6.45, 7) is 14.2. The first-order chi connectivity index (χ1) is 18.0. The Labute approximate surface area is 226 Å². The third kappa shape index (κ3) is 6.99. The predicted molar refractivity (Wildman–Crippen MR) is 148 cm³/mol. The Morgan fingerprint density at radius 2 is 1.68 bits per heavy atom. The molecule has 1 saturated heterocycles. The number of likely N-dealkylation sites (tertiary alicyclic amines) is 1. The number of rotatable bonds is 8. The highest BCUT2D eigenvalue weighted by atomic mass is 19.4. The highest BCUT2D eigenvalue weighted by Crippen LogP contribution is 2.41. The molecule has 1 saturated carbocycles. The smallest absolute Gasteiger partial charge is 0.391 e. The lowest BCUT2D eigenvalue weighted by Crippen LogP contribution is -2.51. The molecule has 38 heavy (non-hydrogen) atoms. The molecule has 208 valence electrons. The molecule has 2 aromatic carbocycles. The molecule has 6 heteroatoms. The molecule has 0 radical (unpaired) electrons. The van der Waals surface area contributed by atoms with Crippen LogP contribution in [0.4, 0.5) is 13.2 Å². The van der Waals surface area contributed by atoms with E-state index in [0.717, 1.165) is 75.4 Å². The van der Waals surface area contributed by atoms with Crippen molar-refractivity contribution in [3.8, 4) is 0 Å². The van der Waals surface area contributed by atoms with Gasteiger partial charge in [-0.2, -0.15) is 13.2 Å². The standard InChI is InChI=1S/C32H43F3N2O/c1-6-24-17-26(13-14-27(24)18-37-19-28(20-37)31(3,4)5)22(2)36-38-21-23-12-15-29(25-10-8-7-9-11-25)30(16-23)32(33,34)35/h12-17,25,28H,6-11,18-21H2,1-5H3/b36-22+. The van der Waals surface area contributed by atoms with E-state index < -0.39 is 11.7 Å². The lowest BCUT2D eigenvalue weighted by molar-refractivity contribution is -0.138. The maximum absolute atomic E-state index is 13.9. The first-order valence-corrected chi connectivity index (χ1v) is 14.2. The van der Waals surface area contributed by atoms with E-state index in [2.05, 4.69) is 55.9 Å². The van der Waals surface area contributed by atoms with Crippen molar-refractivity contribution < 1.29 is 18.0 Å². The van der Waals surface area contributed by atoms with Gasteiger partial charge >= 0.3 is 6.18 Å². The van der Waals surface area contributed by atoms with Gasteiger partial charge in [-0.15, -0.1) is 0 Å². The fraction of sp³-hybridized carbons (Fsp3) is 0.594. The monoisotopic (exact) mass is 528 g/mol. The first kappa shape index (κ1) is 28.7. The predicted octanol–water partition coefficient (Wildman–Crippen LogP) is 8.73. The number of aryl methyl sites for hydroxylation is 1. The molecule has 0 N–H and O–H groups in total. The van der Waals surface area contributed by atoms with Crippen molar-refractivity contribution in [2.45, 2.75) is 98.4 Å². The van der Waals surface area contributed by atoms with Crippen molar-refractivity contribution in [2.24, 2.45) is 16.5 Å². The molecular weight excluding hydrogens is 485 g/mol. The number of alkyl halides is 3. The van der Waals surface area contributed by atoms with E-state index in [1.807, 2.05) is 6.92 Å². The molecule has 0 unspecified atom stereocenters. The van der Waals surface area contributed by atoms with Gasteiger partial charge in [0.2, 0.25) is 0 Å². The Bertz CT molecular complexity index is 1120. The summed E-state index contributed by atoms with van der Waals surface area (Å²) < 4.78 is 41.6. The van der Waals surface area contributed by atoms with Crippen LogP contribution < -0.4 is 0 Å². The molecular formula is C32H43F3N2O. The second kappa shape index (κ2) is 11.8. The van der Waals surface area contributed by atoms with Gasteiger partial charge < -0.3 is 4.84 Å². The second-order valence-electron chi connectivity index (χ2n) is 12.3. The van der Waals surface area contributed by atoms with Crippen LogP contribution in [0.25, 0.3) is 0 Å². The summed E-state index contributed by atoms with van der Waals surface area (Å²) in [5.74, 6) is 0.737. The largest absolute Gasteiger partial charge is 0.416 e. The fourth-order valence-electron chi connectivity index (χ4n) is 5.79. The van der Waals surface area contributed by atoms with E-state index in [9.17, 15) is 13.2 Å². The summed E-state index contributed by atoms with van der Waals surface area (Å²) in [4.78, 5) is 8.04. The molecule has 1 aliphatic carbocycles. The van der Waals surface area contributed by atoms with Crippen molar-refractivity contribution in [3.63, 3.8) is 0 Å². The van der Waals surface area contributed by atoms with Gasteiger partial charge in [-0.1, -0.05) is 76.4 Å². The zero-order chi connectivity index (χ0) is 27.5. The Balaban J connectivity index is 1.39. The average Bonchev–Trinajstić information content (AvgIpc) is 2.85. The zero-order valence-electron chi connectivity index (χ0n) is 23.6. The summed E-state index contributed by atoms with van der Waals surface area (Å²) in [6, 6.07) is 11.1. The highest BCUT2D eigenvalue weighted by Gasteiger charge is 2.36. The SMILES string of the molecule is CCc1cc(/C(C)=N/OCc2ccc(C3CCCCC3)c(C(F)(F)F)c2)ccc1CN1CC(C(C)(C)C)C1. The number of oxime groups is 1. The van der Waals surface area contributed by atoms with E-state index in [1.165, 1.54) is 17.2 Å². The van der Waals surface area contributed by atoms with Crippen molar-refractivity contribution in [2.75, 3.05) is 13.1 Å². The second-order valence-corrected chi connectivity index (χ2v) is 12.3. The molecule has 0 amide bonds. The van der Waals surface area contributed by atoms with Crippen molar-refractivity contribution in [1.29, 1.82) is 0 Å². The van der Waals surface area contributed by atoms with Gasteiger partial charge in [0, 0.05) is 19.6 Å². The maximum Gasteiger partial charge on any atom is 0.416 e. The first-order valence-electron chi connectivity index (χ1n) is 14.2. The Morgan fingerprint density at radius 1 is 0.974 bits per heavy atom. The minimum atomic E-state index is -4.37. The van der Waals surface area contributed by atoms with Gasteiger partial charge in [0.1, 0.15) is 6.61 Å². The summed E-state index contributed by atoms with van der Waals surface area (Å²) in [7, 11) is 0. The summed E-state index contributed by atoms with van der Waals surface area (Å²) in [6.07, 6.45) is 1.33. The van der Waals surface area contributed by atoms with Crippen molar-refractivity contribution >= 4 is 5.71 Å². The number of benzene rings is 2. The summed E-state index contributed by atoms with van der Waals surface area (Å²) in [5.41, 5.74) is 5.09. The molecule has 2 fully saturated rings. The number of halogens is 3. The van der Waals surface area contributed by atoms with E-state index >= 15 is 0 Å². The number of hydrogen-bond donors (Lipinski definition) is 0. The number of nitrogens with zero attached hydrogens (tertiary/aromatic N) is 2. The molecule has 2 aliphatic rings. The Morgan fingerprint density at radius 3 is 2.32 bits per heavy atom. The van der Waals surface area contributed by atoms with Crippen LogP contribution in [-0.4, -0.2) is 23.7 Å². The average molecular weight is 529 g/mol.